The van der Waals surface area contributed by atoms with Gasteiger partial charge in [0.1, 0.15) is 16.4 Å². The Hall–Kier alpha value is -0.670. The Labute approximate surface area is 139 Å². The highest BCUT2D eigenvalue weighted by Gasteiger charge is 2.23. The van der Waals surface area contributed by atoms with Crippen LogP contribution in [0.15, 0.2) is 32.9 Å². The second kappa shape index (κ2) is 6.62. The highest BCUT2D eigenvalue weighted by Crippen LogP contribution is 2.34. The van der Waals surface area contributed by atoms with Gasteiger partial charge in [-0.15, -0.1) is 11.3 Å². The second-order valence-electron chi connectivity index (χ2n) is 4.08. The Morgan fingerprint density at radius 3 is 2.76 bits per heavy atom. The summed E-state index contributed by atoms with van der Waals surface area (Å²) in [6.45, 7) is 0.541. The van der Waals surface area contributed by atoms with Crippen LogP contribution in [-0.2, 0) is 16.6 Å². The summed E-state index contributed by atoms with van der Waals surface area (Å²) >= 11 is 10.3. The van der Waals surface area contributed by atoms with Gasteiger partial charge in [-0.1, -0.05) is 17.7 Å². The predicted molar refractivity (Wildman–Crippen MR) is 87.0 cm³/mol. The molecule has 0 fully saturated rings. The first-order valence-corrected chi connectivity index (χ1v) is 9.22. The van der Waals surface area contributed by atoms with Crippen LogP contribution in [0.4, 0.5) is 10.1 Å². The van der Waals surface area contributed by atoms with Crippen LogP contribution in [0, 0.1) is 5.82 Å². The molecule has 0 saturated heterocycles. The van der Waals surface area contributed by atoms with Gasteiger partial charge in [0, 0.05) is 11.4 Å². The first kappa shape index (κ1) is 16.7. The van der Waals surface area contributed by atoms with Gasteiger partial charge in [0.25, 0.3) is 10.0 Å². The van der Waals surface area contributed by atoms with Crippen molar-refractivity contribution in [1.82, 2.24) is 5.32 Å². The molecule has 0 aliphatic rings. The monoisotopic (exact) mass is 412 g/mol. The maximum atomic E-state index is 13.7. The van der Waals surface area contributed by atoms with E-state index in [0.29, 0.717) is 10.3 Å². The lowest BCUT2D eigenvalue weighted by Gasteiger charge is -2.09. The number of hydrogen-bond donors (Lipinski definition) is 2. The van der Waals surface area contributed by atoms with Gasteiger partial charge in [0.15, 0.2) is 0 Å². The standard InChI is InChI=1S/C12H11BrClFN2O2S2/c1-16-6-7-5-10(12(13)20-7)21(18,19)17-11-8(14)3-2-4-9(11)15/h2-5,16-17H,6H2,1H3. The van der Waals surface area contributed by atoms with Crippen LogP contribution < -0.4 is 10.0 Å². The van der Waals surface area contributed by atoms with Crippen molar-refractivity contribution in [2.24, 2.45) is 0 Å². The molecular weight excluding hydrogens is 403 g/mol. The minimum Gasteiger partial charge on any atom is -0.315 e. The molecule has 0 saturated carbocycles. The molecule has 2 rings (SSSR count). The Kier molecular flexibility index (Phi) is 5.26. The van der Waals surface area contributed by atoms with Crippen molar-refractivity contribution in [1.29, 1.82) is 0 Å². The molecule has 0 aliphatic carbocycles. The summed E-state index contributed by atoms with van der Waals surface area (Å²) in [5.74, 6) is -0.729. The van der Waals surface area contributed by atoms with Gasteiger partial charge in [-0.05, 0) is 41.2 Å². The van der Waals surface area contributed by atoms with Crippen molar-refractivity contribution in [3.63, 3.8) is 0 Å². The highest BCUT2D eigenvalue weighted by molar-refractivity contribution is 9.11. The molecule has 0 radical (unpaired) electrons. The van der Waals surface area contributed by atoms with E-state index in [2.05, 4.69) is 26.0 Å². The van der Waals surface area contributed by atoms with Gasteiger partial charge >= 0.3 is 0 Å². The van der Waals surface area contributed by atoms with Crippen LogP contribution in [-0.4, -0.2) is 15.5 Å². The zero-order valence-electron chi connectivity index (χ0n) is 10.8. The molecule has 21 heavy (non-hydrogen) atoms. The lowest BCUT2D eigenvalue weighted by molar-refractivity contribution is 0.598. The maximum Gasteiger partial charge on any atom is 0.264 e. The predicted octanol–water partition coefficient (Wildman–Crippen LogP) is 3.82. The number of benzene rings is 1. The molecule has 114 valence electrons. The van der Waals surface area contributed by atoms with Gasteiger partial charge in [-0.3, -0.25) is 4.72 Å². The number of halogens is 3. The normalized spacial score (nSPS) is 11.6. The first-order valence-electron chi connectivity index (χ1n) is 5.75. The number of rotatable bonds is 5. The summed E-state index contributed by atoms with van der Waals surface area (Å²) in [6, 6.07) is 5.49. The van der Waals surface area contributed by atoms with E-state index in [1.807, 2.05) is 0 Å². The van der Waals surface area contributed by atoms with E-state index in [4.69, 9.17) is 11.6 Å². The molecular formula is C12H11BrClFN2O2S2. The molecule has 4 nitrogen and oxygen atoms in total. The van der Waals surface area contributed by atoms with Crippen LogP contribution in [0.25, 0.3) is 0 Å². The number of sulfonamides is 1. The van der Waals surface area contributed by atoms with E-state index >= 15 is 0 Å². The van der Waals surface area contributed by atoms with Crippen molar-refractivity contribution < 1.29 is 12.8 Å². The summed E-state index contributed by atoms with van der Waals surface area (Å²) in [4.78, 5) is 0.890. The van der Waals surface area contributed by atoms with Crippen molar-refractivity contribution in [3.05, 3.63) is 43.8 Å². The summed E-state index contributed by atoms with van der Waals surface area (Å²) in [5.41, 5.74) is -0.257. The fraction of sp³-hybridized carbons (Fsp3) is 0.167. The smallest absolute Gasteiger partial charge is 0.264 e. The fourth-order valence-corrected chi connectivity index (χ4v) is 5.68. The highest BCUT2D eigenvalue weighted by atomic mass is 79.9. The average molecular weight is 414 g/mol. The largest absolute Gasteiger partial charge is 0.315 e. The van der Waals surface area contributed by atoms with E-state index in [1.54, 1.807) is 7.05 Å². The second-order valence-corrected chi connectivity index (χ2v) is 8.60. The molecule has 0 spiro atoms. The zero-order valence-corrected chi connectivity index (χ0v) is 14.8. The Balaban J connectivity index is 2.39. The molecule has 2 aromatic rings. The molecule has 1 aromatic carbocycles. The first-order chi connectivity index (χ1) is 9.85. The summed E-state index contributed by atoms with van der Waals surface area (Å²) in [5, 5.41) is 2.94. The van der Waals surface area contributed by atoms with Crippen molar-refractivity contribution in [3.8, 4) is 0 Å². The molecule has 0 aliphatic heterocycles. The van der Waals surface area contributed by atoms with E-state index in [-0.39, 0.29) is 15.6 Å². The van der Waals surface area contributed by atoms with Gasteiger partial charge in [-0.25, -0.2) is 12.8 Å². The summed E-state index contributed by atoms with van der Waals surface area (Å²) in [7, 11) is -2.16. The van der Waals surface area contributed by atoms with Crippen molar-refractivity contribution in [2.75, 3.05) is 11.8 Å². The molecule has 0 atom stereocenters. The number of thiophene rings is 1. The van der Waals surface area contributed by atoms with Crippen LogP contribution in [0.2, 0.25) is 5.02 Å². The summed E-state index contributed by atoms with van der Waals surface area (Å²) < 4.78 is 41.1. The molecule has 0 unspecified atom stereocenters. The molecule has 0 amide bonds. The van der Waals surface area contributed by atoms with Crippen LogP contribution in [0.1, 0.15) is 4.88 Å². The van der Waals surface area contributed by atoms with Gasteiger partial charge in [0.05, 0.1) is 8.81 Å². The lowest BCUT2D eigenvalue weighted by Crippen LogP contribution is -2.14. The maximum absolute atomic E-state index is 13.7. The third-order valence-corrected chi connectivity index (χ3v) is 6.46. The average Bonchev–Trinajstić information content (AvgIpc) is 2.76. The molecule has 1 aromatic heterocycles. The molecule has 1 heterocycles. The van der Waals surface area contributed by atoms with E-state index < -0.39 is 15.8 Å². The quantitative estimate of drug-likeness (QED) is 0.783. The van der Waals surface area contributed by atoms with Crippen molar-refractivity contribution in [2.45, 2.75) is 11.4 Å². The number of para-hydroxylation sites is 1. The fourth-order valence-electron chi connectivity index (χ4n) is 1.63. The van der Waals surface area contributed by atoms with Gasteiger partial charge in [0.2, 0.25) is 0 Å². The Morgan fingerprint density at radius 1 is 1.43 bits per heavy atom. The minimum absolute atomic E-state index is 0.000348. The number of hydrogen-bond acceptors (Lipinski definition) is 4. The van der Waals surface area contributed by atoms with E-state index in [1.165, 1.54) is 29.5 Å². The van der Waals surface area contributed by atoms with E-state index in [9.17, 15) is 12.8 Å². The van der Waals surface area contributed by atoms with Gasteiger partial charge < -0.3 is 5.32 Å². The molecule has 0 bridgehead atoms. The topological polar surface area (TPSA) is 58.2 Å². The minimum atomic E-state index is -3.93. The third kappa shape index (κ3) is 3.75. The molecule has 9 heteroatoms. The summed E-state index contributed by atoms with van der Waals surface area (Å²) in [6.07, 6.45) is 0. The third-order valence-electron chi connectivity index (χ3n) is 2.55. The SMILES string of the molecule is CNCc1cc(S(=O)(=O)Nc2c(F)cccc2Cl)c(Br)s1. The molecule has 2 N–H and O–H groups in total. The Bertz CT molecular complexity index is 744. The van der Waals surface area contributed by atoms with Crippen LogP contribution in [0.5, 0.6) is 0 Å². The van der Waals surface area contributed by atoms with Crippen molar-refractivity contribution >= 4 is 54.6 Å². The van der Waals surface area contributed by atoms with Gasteiger partial charge in [-0.2, -0.15) is 0 Å². The Morgan fingerprint density at radius 2 is 2.14 bits per heavy atom. The lowest BCUT2D eigenvalue weighted by atomic mass is 10.3. The zero-order chi connectivity index (χ0) is 15.6. The van der Waals surface area contributed by atoms with E-state index in [0.717, 1.165) is 10.9 Å². The van der Waals surface area contributed by atoms with Crippen LogP contribution >= 0.6 is 38.9 Å². The number of nitrogens with one attached hydrogen (secondary N) is 2. The van der Waals surface area contributed by atoms with Crippen LogP contribution in [0.3, 0.4) is 0 Å². The number of anilines is 1.